The van der Waals surface area contributed by atoms with Crippen molar-refractivity contribution in [2.75, 3.05) is 13.1 Å². The Balaban J connectivity index is 1.46. The molecule has 1 aliphatic carbocycles. The minimum Gasteiger partial charge on any atom is -0.331 e. The summed E-state index contributed by atoms with van der Waals surface area (Å²) in [6.45, 7) is 2.78. The fourth-order valence-corrected chi connectivity index (χ4v) is 5.09. The Morgan fingerprint density at radius 3 is 3.04 bits per heavy atom. The molecule has 6 nitrogen and oxygen atoms in total. The summed E-state index contributed by atoms with van der Waals surface area (Å²) in [5, 5.41) is 7.66. The summed E-state index contributed by atoms with van der Waals surface area (Å²) in [6.07, 6.45) is 6.86. The summed E-state index contributed by atoms with van der Waals surface area (Å²) in [5.41, 5.74) is 3.71. The summed E-state index contributed by atoms with van der Waals surface area (Å²) in [7, 11) is 1.91. The second kappa shape index (κ2) is 6.42. The minimum atomic E-state index is 0.0710. The number of nitrogens with one attached hydrogen (secondary N) is 1. The molecule has 7 heteroatoms. The minimum absolute atomic E-state index is 0.0710. The van der Waals surface area contributed by atoms with Gasteiger partial charge in [-0.1, -0.05) is 0 Å². The standard InChI is InChI=1S/C20H23N5OS/c1-24-13-23-16-8-15(10-22-18(16)24)19(26)25(11-14-2-7-27-12-14)17-9-20(17)3-5-21-6-4-20/h2,7-8,10,12-13,17,21H,3-6,9,11H2,1H3/t17-/m0/s1. The predicted octanol–water partition coefficient (Wildman–Crippen LogP) is 2.81. The van der Waals surface area contributed by atoms with Crippen molar-refractivity contribution in [3.05, 3.63) is 46.5 Å². The third kappa shape index (κ3) is 2.95. The molecule has 1 saturated heterocycles. The van der Waals surface area contributed by atoms with Gasteiger partial charge in [0.1, 0.15) is 5.52 Å². The highest BCUT2D eigenvalue weighted by Crippen LogP contribution is 2.56. The smallest absolute Gasteiger partial charge is 0.256 e. The summed E-state index contributed by atoms with van der Waals surface area (Å²) < 4.78 is 1.87. The molecule has 0 unspecified atom stereocenters. The lowest BCUT2D eigenvalue weighted by Gasteiger charge is -2.29. The lowest BCUT2D eigenvalue weighted by atomic mass is 9.93. The number of fused-ring (bicyclic) bond motifs is 1. The van der Waals surface area contributed by atoms with Crippen LogP contribution in [0.4, 0.5) is 0 Å². The molecule has 5 rings (SSSR count). The molecule has 1 aliphatic heterocycles. The molecule has 1 spiro atoms. The quantitative estimate of drug-likeness (QED) is 0.755. The molecule has 1 amide bonds. The largest absolute Gasteiger partial charge is 0.331 e. The summed E-state index contributed by atoms with van der Waals surface area (Å²) in [4.78, 5) is 24.4. The number of hydrogen-bond acceptors (Lipinski definition) is 5. The Hall–Kier alpha value is -2.25. The van der Waals surface area contributed by atoms with Crippen LogP contribution in [0, 0.1) is 5.41 Å². The zero-order valence-corrected chi connectivity index (χ0v) is 16.2. The Bertz CT molecular complexity index is 974. The SMILES string of the molecule is Cn1cnc2cc(C(=O)N(Cc3ccsc3)[C@H]3CC34CCNCC4)cnc21. The first-order chi connectivity index (χ1) is 13.2. The van der Waals surface area contributed by atoms with Gasteiger partial charge in [0.25, 0.3) is 5.91 Å². The zero-order chi connectivity index (χ0) is 18.4. The van der Waals surface area contributed by atoms with Crippen LogP contribution in [-0.4, -0.2) is 44.5 Å². The van der Waals surface area contributed by atoms with Crippen LogP contribution in [0.2, 0.25) is 0 Å². The molecule has 0 aromatic carbocycles. The van der Waals surface area contributed by atoms with E-state index in [0.29, 0.717) is 23.6 Å². The van der Waals surface area contributed by atoms with E-state index in [1.54, 1.807) is 23.9 Å². The molecule has 4 heterocycles. The van der Waals surface area contributed by atoms with Crippen molar-refractivity contribution in [1.82, 2.24) is 24.8 Å². The molecular formula is C20H23N5OS. The topological polar surface area (TPSA) is 63.1 Å². The maximum Gasteiger partial charge on any atom is 0.256 e. The van der Waals surface area contributed by atoms with Crippen LogP contribution in [0.25, 0.3) is 11.2 Å². The fraction of sp³-hybridized carbons (Fsp3) is 0.450. The van der Waals surface area contributed by atoms with E-state index in [4.69, 9.17) is 0 Å². The van der Waals surface area contributed by atoms with Crippen molar-refractivity contribution >= 4 is 28.4 Å². The van der Waals surface area contributed by atoms with E-state index in [1.165, 1.54) is 5.56 Å². The van der Waals surface area contributed by atoms with E-state index in [0.717, 1.165) is 43.5 Å². The fourth-order valence-electron chi connectivity index (χ4n) is 4.43. The van der Waals surface area contributed by atoms with Crippen molar-refractivity contribution in [2.24, 2.45) is 12.5 Å². The molecule has 27 heavy (non-hydrogen) atoms. The third-order valence-electron chi connectivity index (χ3n) is 6.11. The number of piperidine rings is 1. The van der Waals surface area contributed by atoms with Gasteiger partial charge in [-0.05, 0) is 66.2 Å². The maximum atomic E-state index is 13.5. The van der Waals surface area contributed by atoms with Gasteiger partial charge in [-0.15, -0.1) is 0 Å². The van der Waals surface area contributed by atoms with Crippen molar-refractivity contribution < 1.29 is 4.79 Å². The number of hydrogen-bond donors (Lipinski definition) is 1. The number of imidazole rings is 1. The summed E-state index contributed by atoms with van der Waals surface area (Å²) >= 11 is 1.68. The van der Waals surface area contributed by atoms with Crippen molar-refractivity contribution in [3.8, 4) is 0 Å². The second-order valence-electron chi connectivity index (χ2n) is 7.82. The lowest BCUT2D eigenvalue weighted by molar-refractivity contribution is 0.0692. The molecule has 1 saturated carbocycles. The second-order valence-corrected chi connectivity index (χ2v) is 8.60. The van der Waals surface area contributed by atoms with Gasteiger partial charge in [0.2, 0.25) is 0 Å². The van der Waals surface area contributed by atoms with E-state index in [-0.39, 0.29) is 5.91 Å². The first kappa shape index (κ1) is 16.9. The van der Waals surface area contributed by atoms with Gasteiger partial charge in [0.05, 0.1) is 11.9 Å². The number of aryl methyl sites for hydroxylation is 1. The van der Waals surface area contributed by atoms with Gasteiger partial charge in [0.15, 0.2) is 5.65 Å². The molecule has 140 valence electrons. The third-order valence-corrected chi connectivity index (χ3v) is 6.85. The van der Waals surface area contributed by atoms with E-state index in [2.05, 4.69) is 37.0 Å². The van der Waals surface area contributed by atoms with Gasteiger partial charge in [0, 0.05) is 25.8 Å². The molecule has 2 fully saturated rings. The van der Waals surface area contributed by atoms with Crippen molar-refractivity contribution in [1.29, 1.82) is 0 Å². The first-order valence-electron chi connectivity index (χ1n) is 9.46. The van der Waals surface area contributed by atoms with Gasteiger partial charge in [-0.25, -0.2) is 9.97 Å². The Morgan fingerprint density at radius 1 is 1.41 bits per heavy atom. The van der Waals surface area contributed by atoms with Crippen LogP contribution in [-0.2, 0) is 13.6 Å². The number of carbonyl (C=O) groups excluding carboxylic acids is 1. The highest BCUT2D eigenvalue weighted by atomic mass is 32.1. The molecule has 0 radical (unpaired) electrons. The van der Waals surface area contributed by atoms with E-state index >= 15 is 0 Å². The van der Waals surface area contributed by atoms with Gasteiger partial charge in [-0.3, -0.25) is 4.79 Å². The highest BCUT2D eigenvalue weighted by Gasteiger charge is 2.57. The van der Waals surface area contributed by atoms with Crippen LogP contribution in [0.1, 0.15) is 35.2 Å². The van der Waals surface area contributed by atoms with E-state index < -0.39 is 0 Å². The first-order valence-corrected chi connectivity index (χ1v) is 10.4. The Morgan fingerprint density at radius 2 is 2.26 bits per heavy atom. The molecule has 0 bridgehead atoms. The summed E-state index contributed by atoms with van der Waals surface area (Å²) in [5.74, 6) is 0.0710. The van der Waals surface area contributed by atoms with Crippen LogP contribution < -0.4 is 5.32 Å². The molecular weight excluding hydrogens is 358 g/mol. The number of carbonyl (C=O) groups is 1. The summed E-state index contributed by atoms with van der Waals surface area (Å²) in [6, 6.07) is 4.32. The number of pyridine rings is 1. The molecule has 3 aromatic rings. The van der Waals surface area contributed by atoms with E-state index in [1.807, 2.05) is 17.7 Å². The Labute approximate surface area is 162 Å². The van der Waals surface area contributed by atoms with Gasteiger partial charge < -0.3 is 14.8 Å². The molecule has 1 N–H and O–H groups in total. The van der Waals surface area contributed by atoms with Crippen LogP contribution in [0.5, 0.6) is 0 Å². The average molecular weight is 382 g/mol. The number of rotatable bonds is 4. The average Bonchev–Trinajstić information content (AvgIpc) is 3.04. The van der Waals surface area contributed by atoms with Crippen molar-refractivity contribution in [3.63, 3.8) is 0 Å². The lowest BCUT2D eigenvalue weighted by Crippen LogP contribution is -2.39. The van der Waals surface area contributed by atoms with Gasteiger partial charge >= 0.3 is 0 Å². The number of aromatic nitrogens is 3. The predicted molar refractivity (Wildman–Crippen MR) is 106 cm³/mol. The molecule has 3 aromatic heterocycles. The number of nitrogens with zero attached hydrogens (tertiary/aromatic N) is 4. The van der Waals surface area contributed by atoms with Crippen LogP contribution in [0.3, 0.4) is 0 Å². The highest BCUT2D eigenvalue weighted by molar-refractivity contribution is 7.07. The molecule has 1 atom stereocenters. The zero-order valence-electron chi connectivity index (χ0n) is 15.4. The monoisotopic (exact) mass is 381 g/mol. The number of amides is 1. The van der Waals surface area contributed by atoms with Crippen LogP contribution in [0.15, 0.2) is 35.4 Å². The normalized spacial score (nSPS) is 20.9. The molecule has 2 aliphatic rings. The van der Waals surface area contributed by atoms with Crippen LogP contribution >= 0.6 is 11.3 Å². The van der Waals surface area contributed by atoms with Crippen molar-refractivity contribution in [2.45, 2.75) is 31.8 Å². The number of thiophene rings is 1. The van der Waals surface area contributed by atoms with Gasteiger partial charge in [-0.2, -0.15) is 11.3 Å². The maximum absolute atomic E-state index is 13.5. The van der Waals surface area contributed by atoms with E-state index in [9.17, 15) is 4.79 Å². The Kier molecular flexibility index (Phi) is 4.02.